The third kappa shape index (κ3) is 4.20. The fourth-order valence-corrected chi connectivity index (χ4v) is 5.60. The lowest BCUT2D eigenvalue weighted by molar-refractivity contribution is -0.137. The Morgan fingerprint density at radius 2 is 2.00 bits per heavy atom. The third-order valence-corrected chi connectivity index (χ3v) is 7.44. The van der Waals surface area contributed by atoms with E-state index in [4.69, 9.17) is 9.73 Å². The SMILES string of the molecule is COCCC1CN(C2=Nc3cc(C(F)(F)F)ccc3Nc3sc4ccccc4c32)CCN1C. The number of likely N-dealkylation sites (N-methyl/N-ethyl adjacent to an activating group) is 1. The summed E-state index contributed by atoms with van der Waals surface area (Å²) in [6, 6.07) is 12.1. The van der Waals surface area contributed by atoms with E-state index in [1.54, 1.807) is 18.4 Å². The Bertz CT molecular complexity index is 1210. The summed E-state index contributed by atoms with van der Waals surface area (Å²) < 4.78 is 46.7. The molecule has 3 heterocycles. The fourth-order valence-electron chi connectivity index (χ4n) is 4.49. The molecule has 0 aliphatic carbocycles. The van der Waals surface area contributed by atoms with Crippen LogP contribution in [-0.4, -0.2) is 62.1 Å². The van der Waals surface area contributed by atoms with Gasteiger partial charge < -0.3 is 15.0 Å². The van der Waals surface area contributed by atoms with Crippen LogP contribution in [0.15, 0.2) is 47.5 Å². The number of thiophene rings is 1. The van der Waals surface area contributed by atoms with Gasteiger partial charge in [-0.2, -0.15) is 13.2 Å². The van der Waals surface area contributed by atoms with Crippen molar-refractivity contribution < 1.29 is 17.9 Å². The summed E-state index contributed by atoms with van der Waals surface area (Å²) in [6.45, 7) is 2.97. The van der Waals surface area contributed by atoms with Gasteiger partial charge in [-0.1, -0.05) is 18.2 Å². The second kappa shape index (κ2) is 8.62. The molecule has 9 heteroatoms. The van der Waals surface area contributed by atoms with E-state index in [0.29, 0.717) is 18.0 Å². The molecule has 0 amide bonds. The predicted molar refractivity (Wildman–Crippen MR) is 127 cm³/mol. The molecule has 3 aromatic rings. The van der Waals surface area contributed by atoms with Crippen LogP contribution in [0.5, 0.6) is 0 Å². The minimum Gasteiger partial charge on any atom is -0.385 e. The number of benzene rings is 2. The van der Waals surface area contributed by atoms with Gasteiger partial charge in [0.1, 0.15) is 10.8 Å². The number of aliphatic imine (C=N–C) groups is 1. The molecule has 0 spiro atoms. The second-order valence-corrected chi connectivity index (χ2v) is 9.51. The van der Waals surface area contributed by atoms with Gasteiger partial charge in [-0.15, -0.1) is 11.3 Å². The number of nitrogens with zero attached hydrogens (tertiary/aromatic N) is 3. The molecule has 2 aliphatic rings. The van der Waals surface area contributed by atoms with Crippen molar-refractivity contribution in [2.75, 3.05) is 45.7 Å². The van der Waals surface area contributed by atoms with Crippen LogP contribution >= 0.6 is 11.3 Å². The van der Waals surface area contributed by atoms with Crippen molar-refractivity contribution in [1.82, 2.24) is 9.80 Å². The van der Waals surface area contributed by atoms with Gasteiger partial charge in [-0.05, 0) is 37.7 Å². The quantitative estimate of drug-likeness (QED) is 0.528. The second-order valence-electron chi connectivity index (χ2n) is 8.45. The summed E-state index contributed by atoms with van der Waals surface area (Å²) in [6.07, 6.45) is -3.55. The summed E-state index contributed by atoms with van der Waals surface area (Å²) >= 11 is 1.60. The van der Waals surface area contributed by atoms with Crippen LogP contribution in [0.3, 0.4) is 0 Å². The monoisotopic (exact) mass is 474 g/mol. The molecule has 5 rings (SSSR count). The first kappa shape index (κ1) is 22.2. The number of piperazine rings is 1. The zero-order chi connectivity index (χ0) is 23.2. The molecular formula is C24H25F3N4OS. The molecule has 33 heavy (non-hydrogen) atoms. The lowest BCUT2D eigenvalue weighted by Gasteiger charge is -2.41. The Balaban J connectivity index is 1.64. The van der Waals surface area contributed by atoms with Crippen LogP contribution in [0.4, 0.5) is 29.5 Å². The summed E-state index contributed by atoms with van der Waals surface area (Å²) in [4.78, 5) is 9.41. The van der Waals surface area contributed by atoms with Crippen molar-refractivity contribution in [3.8, 4) is 0 Å². The topological polar surface area (TPSA) is 40.1 Å². The average molecular weight is 475 g/mol. The van der Waals surface area contributed by atoms with Crippen LogP contribution in [-0.2, 0) is 10.9 Å². The van der Waals surface area contributed by atoms with Gasteiger partial charge in [0.25, 0.3) is 0 Å². The number of hydrogen-bond donors (Lipinski definition) is 1. The molecule has 1 atom stereocenters. The minimum absolute atomic E-state index is 0.270. The maximum absolute atomic E-state index is 13.4. The smallest absolute Gasteiger partial charge is 0.385 e. The molecule has 174 valence electrons. The summed E-state index contributed by atoms with van der Waals surface area (Å²) in [5, 5.41) is 5.33. The molecule has 0 bridgehead atoms. The molecule has 1 unspecified atom stereocenters. The fraction of sp³-hybridized carbons (Fsp3) is 0.375. The molecule has 5 nitrogen and oxygen atoms in total. The number of methoxy groups -OCH3 is 1. The number of alkyl halides is 3. The Kier molecular flexibility index (Phi) is 5.80. The molecular weight excluding hydrogens is 449 g/mol. The summed E-state index contributed by atoms with van der Waals surface area (Å²) in [5.41, 5.74) is 1.14. The zero-order valence-electron chi connectivity index (χ0n) is 18.4. The highest BCUT2D eigenvalue weighted by Gasteiger charge is 2.34. The Morgan fingerprint density at radius 1 is 1.18 bits per heavy atom. The van der Waals surface area contributed by atoms with Gasteiger partial charge in [-0.25, -0.2) is 4.99 Å². The lowest BCUT2D eigenvalue weighted by Crippen LogP contribution is -2.53. The van der Waals surface area contributed by atoms with E-state index in [2.05, 4.69) is 34.3 Å². The number of nitrogens with one attached hydrogen (secondary N) is 1. The average Bonchev–Trinajstić information content (AvgIpc) is 3.06. The minimum atomic E-state index is -4.42. The van der Waals surface area contributed by atoms with E-state index in [1.807, 2.05) is 12.1 Å². The molecule has 1 aromatic heterocycles. The number of ether oxygens (including phenoxy) is 1. The Labute approximate surface area is 194 Å². The van der Waals surface area contributed by atoms with E-state index in [1.165, 1.54) is 6.07 Å². The number of rotatable bonds is 3. The summed E-state index contributed by atoms with van der Waals surface area (Å²) in [5.74, 6) is 0.726. The van der Waals surface area contributed by atoms with Crippen LogP contribution in [0.25, 0.3) is 10.1 Å². The van der Waals surface area contributed by atoms with Gasteiger partial charge >= 0.3 is 6.18 Å². The molecule has 2 aliphatic heterocycles. The molecule has 1 N–H and O–H groups in total. The Morgan fingerprint density at radius 3 is 2.79 bits per heavy atom. The van der Waals surface area contributed by atoms with E-state index in [-0.39, 0.29) is 6.04 Å². The van der Waals surface area contributed by atoms with Gasteiger partial charge in [0.15, 0.2) is 0 Å². The van der Waals surface area contributed by atoms with Crippen LogP contribution in [0.1, 0.15) is 17.5 Å². The van der Waals surface area contributed by atoms with Gasteiger partial charge in [-0.3, -0.25) is 4.90 Å². The molecule has 0 saturated carbocycles. The van der Waals surface area contributed by atoms with E-state index in [0.717, 1.165) is 64.7 Å². The van der Waals surface area contributed by atoms with Gasteiger partial charge in [0.2, 0.25) is 0 Å². The van der Waals surface area contributed by atoms with Gasteiger partial charge in [0, 0.05) is 49.5 Å². The van der Waals surface area contributed by atoms with E-state index < -0.39 is 11.7 Å². The van der Waals surface area contributed by atoms with E-state index >= 15 is 0 Å². The van der Waals surface area contributed by atoms with Crippen molar-refractivity contribution in [3.05, 3.63) is 53.6 Å². The highest BCUT2D eigenvalue weighted by molar-refractivity contribution is 7.23. The van der Waals surface area contributed by atoms with Crippen LogP contribution < -0.4 is 5.32 Å². The standard InChI is InChI=1S/C24H25F3N4OS/c1-30-10-11-31(14-16(30)9-12-32-2)22-21-17-5-3-4-6-20(17)33-23(21)29-18-8-7-15(24(25,26)27)13-19(18)28-22/h3-8,13,16,29H,9-12,14H2,1-2H3. The lowest BCUT2D eigenvalue weighted by atomic mass is 10.1. The largest absolute Gasteiger partial charge is 0.416 e. The predicted octanol–water partition coefficient (Wildman–Crippen LogP) is 5.71. The molecule has 1 saturated heterocycles. The van der Waals surface area contributed by atoms with Crippen LogP contribution in [0, 0.1) is 0 Å². The molecule has 0 radical (unpaired) electrons. The highest BCUT2D eigenvalue weighted by atomic mass is 32.1. The Hall–Kier alpha value is -2.62. The van der Waals surface area contributed by atoms with Crippen molar-refractivity contribution >= 4 is 43.6 Å². The normalized spacial score (nSPS) is 19.0. The summed E-state index contributed by atoms with van der Waals surface area (Å²) in [7, 11) is 3.80. The maximum atomic E-state index is 13.4. The number of anilines is 2. The molecule has 2 aromatic carbocycles. The molecule has 1 fully saturated rings. The number of fused-ring (bicyclic) bond motifs is 4. The van der Waals surface area contributed by atoms with Crippen molar-refractivity contribution in [2.24, 2.45) is 4.99 Å². The van der Waals surface area contributed by atoms with Crippen molar-refractivity contribution in [2.45, 2.75) is 18.6 Å². The van der Waals surface area contributed by atoms with Crippen molar-refractivity contribution in [3.63, 3.8) is 0 Å². The number of halogens is 3. The maximum Gasteiger partial charge on any atom is 0.416 e. The third-order valence-electron chi connectivity index (χ3n) is 6.35. The number of hydrogen-bond acceptors (Lipinski definition) is 6. The first-order valence-corrected chi connectivity index (χ1v) is 11.7. The highest BCUT2D eigenvalue weighted by Crippen LogP contribution is 2.45. The zero-order valence-corrected chi connectivity index (χ0v) is 19.3. The number of amidine groups is 1. The first-order valence-electron chi connectivity index (χ1n) is 10.9. The van der Waals surface area contributed by atoms with Gasteiger partial charge in [0.05, 0.1) is 22.5 Å². The van der Waals surface area contributed by atoms with Crippen molar-refractivity contribution in [1.29, 1.82) is 0 Å². The van der Waals surface area contributed by atoms with E-state index in [9.17, 15) is 13.2 Å². The first-order chi connectivity index (χ1) is 15.8. The van der Waals surface area contributed by atoms with Crippen LogP contribution in [0.2, 0.25) is 0 Å².